The molecular formula is C29H30N2O5. The van der Waals surface area contributed by atoms with Gasteiger partial charge in [-0.15, -0.1) is 0 Å². The summed E-state index contributed by atoms with van der Waals surface area (Å²) in [5.41, 5.74) is 3.11. The van der Waals surface area contributed by atoms with E-state index in [4.69, 9.17) is 4.74 Å². The summed E-state index contributed by atoms with van der Waals surface area (Å²) in [6.45, 7) is 7.61. The molecule has 1 aliphatic heterocycles. The molecule has 1 unspecified atom stereocenters. The van der Waals surface area contributed by atoms with Crippen LogP contribution in [0.15, 0.2) is 72.3 Å². The highest BCUT2D eigenvalue weighted by molar-refractivity contribution is 6.51. The molecule has 1 aliphatic rings. The van der Waals surface area contributed by atoms with E-state index in [0.717, 1.165) is 18.8 Å². The maximum absolute atomic E-state index is 13.4. The molecule has 0 spiro atoms. The third-order valence-corrected chi connectivity index (χ3v) is 6.58. The molecule has 1 atom stereocenters. The minimum Gasteiger partial charge on any atom is -0.508 e. The van der Waals surface area contributed by atoms with Crippen LogP contribution in [0.2, 0.25) is 0 Å². The number of carbonyl (C=O) groups excluding carboxylic acids is 2. The fourth-order valence-corrected chi connectivity index (χ4v) is 4.70. The van der Waals surface area contributed by atoms with Crippen molar-refractivity contribution in [2.24, 2.45) is 0 Å². The lowest BCUT2D eigenvalue weighted by atomic mass is 9.93. The molecule has 0 bridgehead atoms. The van der Waals surface area contributed by atoms with Gasteiger partial charge in [-0.25, -0.2) is 0 Å². The van der Waals surface area contributed by atoms with Gasteiger partial charge in [0, 0.05) is 30.0 Å². The number of anilines is 2. The van der Waals surface area contributed by atoms with Crippen LogP contribution >= 0.6 is 0 Å². The molecule has 7 nitrogen and oxygen atoms in total. The van der Waals surface area contributed by atoms with Crippen LogP contribution in [-0.2, 0) is 9.59 Å². The van der Waals surface area contributed by atoms with Gasteiger partial charge in [0.1, 0.15) is 17.3 Å². The van der Waals surface area contributed by atoms with E-state index >= 15 is 0 Å². The highest BCUT2D eigenvalue weighted by Crippen LogP contribution is 2.43. The SMILES string of the molecule is CCN(CC)c1ccc(N2C(=O)C(=O)/C(=C(\O)c3ccc(OC)cc3C)C2c2cccc(O)c2)cc1. The molecule has 4 rings (SSSR count). The molecule has 0 saturated carbocycles. The number of ether oxygens (including phenoxy) is 1. The summed E-state index contributed by atoms with van der Waals surface area (Å²) in [5, 5.41) is 21.5. The molecule has 0 radical (unpaired) electrons. The number of hydrogen-bond acceptors (Lipinski definition) is 6. The number of ketones is 1. The number of Topliss-reactive ketones (excluding diaryl/α,β-unsaturated/α-hetero) is 1. The van der Waals surface area contributed by atoms with Gasteiger partial charge in [0.25, 0.3) is 11.7 Å². The summed E-state index contributed by atoms with van der Waals surface area (Å²) >= 11 is 0. The first-order chi connectivity index (χ1) is 17.3. The summed E-state index contributed by atoms with van der Waals surface area (Å²) in [7, 11) is 1.55. The predicted molar refractivity (Wildman–Crippen MR) is 141 cm³/mol. The van der Waals surface area contributed by atoms with Crippen molar-refractivity contribution in [1.29, 1.82) is 0 Å². The van der Waals surface area contributed by atoms with Gasteiger partial charge in [-0.2, -0.15) is 0 Å². The summed E-state index contributed by atoms with van der Waals surface area (Å²) in [5.74, 6) is -1.20. The van der Waals surface area contributed by atoms with E-state index in [9.17, 15) is 19.8 Å². The monoisotopic (exact) mass is 486 g/mol. The second-order valence-corrected chi connectivity index (χ2v) is 8.63. The molecule has 7 heteroatoms. The Labute approximate surface area is 210 Å². The smallest absolute Gasteiger partial charge is 0.300 e. The molecule has 36 heavy (non-hydrogen) atoms. The van der Waals surface area contributed by atoms with Gasteiger partial charge in [0.05, 0.1) is 18.7 Å². The number of aliphatic hydroxyl groups excluding tert-OH is 1. The number of phenols is 1. The number of nitrogens with zero attached hydrogens (tertiary/aromatic N) is 2. The Bertz CT molecular complexity index is 1330. The Morgan fingerprint density at radius 1 is 1.00 bits per heavy atom. The van der Waals surface area contributed by atoms with E-state index in [2.05, 4.69) is 18.7 Å². The number of aliphatic hydroxyl groups is 1. The Kier molecular flexibility index (Phi) is 7.01. The maximum Gasteiger partial charge on any atom is 0.300 e. The van der Waals surface area contributed by atoms with Crippen molar-refractivity contribution in [3.8, 4) is 11.5 Å². The first kappa shape index (κ1) is 24.9. The van der Waals surface area contributed by atoms with Crippen LogP contribution in [0.4, 0.5) is 11.4 Å². The number of benzene rings is 3. The van der Waals surface area contributed by atoms with Crippen molar-refractivity contribution in [3.63, 3.8) is 0 Å². The molecule has 0 aliphatic carbocycles. The summed E-state index contributed by atoms with van der Waals surface area (Å²) < 4.78 is 5.26. The molecule has 1 heterocycles. The van der Waals surface area contributed by atoms with E-state index in [1.807, 2.05) is 12.1 Å². The van der Waals surface area contributed by atoms with Crippen molar-refractivity contribution in [3.05, 3.63) is 89.0 Å². The van der Waals surface area contributed by atoms with Crippen LogP contribution in [0, 0.1) is 6.92 Å². The quantitative estimate of drug-likeness (QED) is 0.272. The summed E-state index contributed by atoms with van der Waals surface area (Å²) in [6, 6.07) is 18.0. The van der Waals surface area contributed by atoms with E-state index in [-0.39, 0.29) is 17.1 Å². The molecule has 3 aromatic carbocycles. The fourth-order valence-electron chi connectivity index (χ4n) is 4.70. The number of phenolic OH excluding ortho intramolecular Hbond substituents is 1. The Hall–Kier alpha value is -4.26. The third-order valence-electron chi connectivity index (χ3n) is 6.58. The van der Waals surface area contributed by atoms with E-state index in [1.165, 1.54) is 17.0 Å². The number of aryl methyl sites for hydroxylation is 1. The first-order valence-electron chi connectivity index (χ1n) is 11.9. The summed E-state index contributed by atoms with van der Waals surface area (Å²) in [6.07, 6.45) is 0. The molecular weight excluding hydrogens is 456 g/mol. The van der Waals surface area contributed by atoms with Crippen molar-refractivity contribution >= 4 is 28.8 Å². The zero-order valence-electron chi connectivity index (χ0n) is 20.9. The Morgan fingerprint density at radius 3 is 2.28 bits per heavy atom. The van der Waals surface area contributed by atoms with Gasteiger partial charge in [-0.1, -0.05) is 12.1 Å². The Morgan fingerprint density at radius 2 is 1.69 bits per heavy atom. The average Bonchev–Trinajstić information content (AvgIpc) is 3.15. The van der Waals surface area contributed by atoms with Crippen LogP contribution in [0.25, 0.3) is 5.76 Å². The number of hydrogen-bond donors (Lipinski definition) is 2. The van der Waals surface area contributed by atoms with Crippen molar-refractivity contribution in [1.82, 2.24) is 0 Å². The Balaban J connectivity index is 1.89. The van der Waals surface area contributed by atoms with Gasteiger partial charge in [-0.05, 0) is 86.5 Å². The molecule has 1 saturated heterocycles. The predicted octanol–water partition coefficient (Wildman–Crippen LogP) is 5.18. The lowest BCUT2D eigenvalue weighted by Gasteiger charge is -2.27. The normalized spacial score (nSPS) is 16.9. The van der Waals surface area contributed by atoms with Crippen molar-refractivity contribution in [2.75, 3.05) is 30.0 Å². The fraction of sp³-hybridized carbons (Fsp3) is 0.241. The zero-order chi connectivity index (χ0) is 26.0. The standard InChI is InChI=1S/C29H30N2O5/c1-5-30(6-2)20-10-12-21(13-11-20)31-26(19-8-7-9-22(32)17-19)25(28(34)29(31)35)27(33)24-15-14-23(36-4)16-18(24)3/h7-17,26,32-33H,5-6H2,1-4H3/b27-25-. The minimum atomic E-state index is -0.919. The van der Waals surface area contributed by atoms with Crippen molar-refractivity contribution in [2.45, 2.75) is 26.8 Å². The van der Waals surface area contributed by atoms with Crippen LogP contribution in [0.5, 0.6) is 11.5 Å². The average molecular weight is 487 g/mol. The highest BCUT2D eigenvalue weighted by Gasteiger charge is 2.47. The van der Waals surface area contributed by atoms with E-state index in [0.29, 0.717) is 28.1 Å². The van der Waals surface area contributed by atoms with Gasteiger partial charge in [0.2, 0.25) is 0 Å². The molecule has 0 aromatic heterocycles. The van der Waals surface area contributed by atoms with Crippen LogP contribution in [0.1, 0.15) is 36.6 Å². The van der Waals surface area contributed by atoms with Crippen LogP contribution < -0.4 is 14.5 Å². The van der Waals surface area contributed by atoms with Crippen molar-refractivity contribution < 1.29 is 24.5 Å². The molecule has 1 fully saturated rings. The number of methoxy groups -OCH3 is 1. The summed E-state index contributed by atoms with van der Waals surface area (Å²) in [4.78, 5) is 30.3. The van der Waals surface area contributed by atoms with Crippen LogP contribution in [0.3, 0.4) is 0 Å². The van der Waals surface area contributed by atoms with Gasteiger partial charge < -0.3 is 19.8 Å². The number of rotatable bonds is 7. The largest absolute Gasteiger partial charge is 0.508 e. The van der Waals surface area contributed by atoms with Crippen LogP contribution in [-0.4, -0.2) is 42.1 Å². The third kappa shape index (κ3) is 4.40. The lowest BCUT2D eigenvalue weighted by molar-refractivity contribution is -0.132. The lowest BCUT2D eigenvalue weighted by Crippen LogP contribution is -2.29. The maximum atomic E-state index is 13.4. The van der Waals surface area contributed by atoms with Gasteiger partial charge in [0.15, 0.2) is 0 Å². The number of carbonyl (C=O) groups is 2. The van der Waals surface area contributed by atoms with Gasteiger partial charge >= 0.3 is 0 Å². The minimum absolute atomic E-state index is 0.00408. The molecule has 186 valence electrons. The molecule has 1 amide bonds. The zero-order valence-corrected chi connectivity index (χ0v) is 20.9. The molecule has 2 N–H and O–H groups in total. The first-order valence-corrected chi connectivity index (χ1v) is 11.9. The second kappa shape index (κ2) is 10.2. The number of amides is 1. The van der Waals surface area contributed by atoms with E-state index < -0.39 is 17.7 Å². The second-order valence-electron chi connectivity index (χ2n) is 8.63. The number of aromatic hydroxyl groups is 1. The molecule has 3 aromatic rings. The highest BCUT2D eigenvalue weighted by atomic mass is 16.5. The van der Waals surface area contributed by atoms with Gasteiger partial charge in [-0.3, -0.25) is 14.5 Å². The van der Waals surface area contributed by atoms with E-state index in [1.54, 1.807) is 56.5 Å². The topological polar surface area (TPSA) is 90.3 Å².